The minimum Gasteiger partial charge on any atom is -0.354 e. The summed E-state index contributed by atoms with van der Waals surface area (Å²) in [5.41, 5.74) is 0. The first kappa shape index (κ1) is 19.9. The van der Waals surface area contributed by atoms with Gasteiger partial charge in [0.25, 0.3) is 0 Å². The maximum Gasteiger partial charge on any atom is 0.243 e. The lowest BCUT2D eigenvalue weighted by atomic mass is 10.2. The number of hydrogen-bond donors (Lipinski definition) is 2. The van der Waals surface area contributed by atoms with Crippen molar-refractivity contribution >= 4 is 47.6 Å². The van der Waals surface area contributed by atoms with Crippen molar-refractivity contribution < 1.29 is 4.79 Å². The molecule has 1 heterocycles. The summed E-state index contributed by atoms with van der Waals surface area (Å²) < 4.78 is 0. The second-order valence-electron chi connectivity index (χ2n) is 6.14. The van der Waals surface area contributed by atoms with Gasteiger partial charge in [0.05, 0.1) is 0 Å². The Bertz CT molecular complexity index is 367. The fraction of sp³-hybridized carbons (Fsp3) is 0.867. The van der Waals surface area contributed by atoms with Gasteiger partial charge in [-0.15, -0.1) is 24.0 Å². The number of hydrogen-bond acceptors (Lipinski definition) is 3. The molecular weight excluding hydrogens is 411 g/mol. The molecule has 2 rings (SSSR count). The third kappa shape index (κ3) is 6.93. The van der Waals surface area contributed by atoms with Crippen LogP contribution in [0.5, 0.6) is 0 Å². The largest absolute Gasteiger partial charge is 0.354 e. The van der Waals surface area contributed by atoms with Gasteiger partial charge in [-0.2, -0.15) is 11.8 Å². The van der Waals surface area contributed by atoms with Crippen molar-refractivity contribution in [2.45, 2.75) is 50.6 Å². The number of rotatable bonds is 4. The van der Waals surface area contributed by atoms with Crippen LogP contribution >= 0.6 is 35.7 Å². The summed E-state index contributed by atoms with van der Waals surface area (Å²) in [5, 5.41) is 7.04. The van der Waals surface area contributed by atoms with Crippen LogP contribution in [0.15, 0.2) is 4.99 Å². The van der Waals surface area contributed by atoms with Gasteiger partial charge in [0.2, 0.25) is 5.91 Å². The molecule has 1 amide bonds. The monoisotopic (exact) mass is 440 g/mol. The molecule has 0 spiro atoms. The van der Waals surface area contributed by atoms with Crippen molar-refractivity contribution in [3.63, 3.8) is 0 Å². The molecular formula is C15H29IN4OS. The highest BCUT2D eigenvalue weighted by Crippen LogP contribution is 2.19. The molecule has 1 aliphatic heterocycles. The molecule has 2 N–H and O–H groups in total. The second-order valence-corrected chi connectivity index (χ2v) is 7.29. The Labute approximate surface area is 155 Å². The lowest BCUT2D eigenvalue weighted by Crippen LogP contribution is -2.48. The van der Waals surface area contributed by atoms with E-state index in [1.54, 1.807) is 19.0 Å². The van der Waals surface area contributed by atoms with E-state index in [4.69, 9.17) is 0 Å². The van der Waals surface area contributed by atoms with Gasteiger partial charge in [-0.3, -0.25) is 4.79 Å². The van der Waals surface area contributed by atoms with E-state index in [1.165, 1.54) is 44.3 Å². The number of halogens is 1. The lowest BCUT2D eigenvalue weighted by Gasteiger charge is -2.26. The molecule has 1 atom stereocenters. The molecule has 0 aromatic carbocycles. The second kappa shape index (κ2) is 10.6. The van der Waals surface area contributed by atoms with E-state index >= 15 is 0 Å². The molecule has 0 aromatic heterocycles. The Balaban J connectivity index is 0.00000242. The number of guanidine groups is 1. The van der Waals surface area contributed by atoms with Crippen LogP contribution in [-0.2, 0) is 4.79 Å². The average Bonchev–Trinajstić information content (AvgIpc) is 2.98. The van der Waals surface area contributed by atoms with Crippen LogP contribution in [0.25, 0.3) is 0 Å². The van der Waals surface area contributed by atoms with Crippen molar-refractivity contribution in [1.29, 1.82) is 0 Å². The van der Waals surface area contributed by atoms with Crippen molar-refractivity contribution in [3.05, 3.63) is 0 Å². The average molecular weight is 440 g/mol. The minimum atomic E-state index is 0. The van der Waals surface area contributed by atoms with E-state index in [1.807, 2.05) is 11.8 Å². The summed E-state index contributed by atoms with van der Waals surface area (Å²) in [6, 6.07) is 0.993. The molecule has 128 valence electrons. The van der Waals surface area contributed by atoms with Gasteiger partial charge in [0.15, 0.2) is 5.96 Å². The zero-order valence-corrected chi connectivity index (χ0v) is 16.8. The van der Waals surface area contributed by atoms with Gasteiger partial charge >= 0.3 is 0 Å². The van der Waals surface area contributed by atoms with Gasteiger partial charge in [-0.05, 0) is 31.4 Å². The zero-order chi connectivity index (χ0) is 15.1. The van der Waals surface area contributed by atoms with Crippen molar-refractivity contribution in [1.82, 2.24) is 15.5 Å². The Morgan fingerprint density at radius 2 is 1.77 bits per heavy atom. The predicted octanol–water partition coefficient (Wildman–Crippen LogP) is 2.07. The SMILES string of the molecule is CN(C)C(=O)CN=C(NC1CCCC1)NC1CCCSC1.I. The highest BCUT2D eigenvalue weighted by molar-refractivity contribution is 14.0. The minimum absolute atomic E-state index is 0. The van der Waals surface area contributed by atoms with Crippen LogP contribution in [0.1, 0.15) is 38.5 Å². The molecule has 2 aliphatic rings. The summed E-state index contributed by atoms with van der Waals surface area (Å²) in [6.07, 6.45) is 7.46. The number of carbonyl (C=O) groups is 1. The fourth-order valence-corrected chi connectivity index (χ4v) is 3.80. The third-order valence-corrected chi connectivity index (χ3v) is 5.28. The first-order valence-electron chi connectivity index (χ1n) is 8.00. The highest BCUT2D eigenvalue weighted by atomic mass is 127. The first-order valence-corrected chi connectivity index (χ1v) is 9.16. The number of nitrogens with zero attached hydrogens (tertiary/aromatic N) is 2. The quantitative estimate of drug-likeness (QED) is 0.399. The molecule has 7 heteroatoms. The van der Waals surface area contributed by atoms with Crippen LogP contribution < -0.4 is 10.6 Å². The van der Waals surface area contributed by atoms with Gasteiger partial charge in [0, 0.05) is 31.9 Å². The molecule has 0 bridgehead atoms. The molecule has 1 aliphatic carbocycles. The van der Waals surface area contributed by atoms with Crippen LogP contribution in [0.2, 0.25) is 0 Å². The number of amides is 1. The highest BCUT2D eigenvalue weighted by Gasteiger charge is 2.19. The summed E-state index contributed by atoms with van der Waals surface area (Å²) in [5.74, 6) is 3.26. The molecule has 1 unspecified atom stereocenters. The van der Waals surface area contributed by atoms with Gasteiger partial charge in [-0.25, -0.2) is 4.99 Å². The first-order chi connectivity index (χ1) is 10.1. The zero-order valence-electron chi connectivity index (χ0n) is 13.6. The number of thioether (sulfide) groups is 1. The Hall–Kier alpha value is -0.180. The Morgan fingerprint density at radius 3 is 2.36 bits per heavy atom. The number of likely N-dealkylation sites (N-methyl/N-ethyl adjacent to an activating group) is 1. The molecule has 1 saturated carbocycles. The van der Waals surface area contributed by atoms with Crippen LogP contribution in [-0.4, -0.2) is 61.0 Å². The summed E-state index contributed by atoms with van der Waals surface area (Å²) in [6.45, 7) is 0.217. The van der Waals surface area contributed by atoms with E-state index in [-0.39, 0.29) is 36.4 Å². The molecule has 0 aromatic rings. The molecule has 22 heavy (non-hydrogen) atoms. The number of aliphatic imine (C=N–C) groups is 1. The Morgan fingerprint density at radius 1 is 1.14 bits per heavy atom. The van der Waals surface area contributed by atoms with Crippen LogP contribution in [0.4, 0.5) is 0 Å². The van der Waals surface area contributed by atoms with Gasteiger partial charge in [0.1, 0.15) is 6.54 Å². The molecule has 1 saturated heterocycles. The van der Waals surface area contributed by atoms with Crippen LogP contribution in [0, 0.1) is 0 Å². The van der Waals surface area contributed by atoms with Gasteiger partial charge in [-0.1, -0.05) is 12.8 Å². The van der Waals surface area contributed by atoms with E-state index in [0.29, 0.717) is 12.1 Å². The van der Waals surface area contributed by atoms with Crippen LogP contribution in [0.3, 0.4) is 0 Å². The topological polar surface area (TPSA) is 56.7 Å². The number of nitrogens with one attached hydrogen (secondary N) is 2. The van der Waals surface area contributed by atoms with E-state index in [2.05, 4.69) is 15.6 Å². The van der Waals surface area contributed by atoms with E-state index in [9.17, 15) is 4.79 Å². The predicted molar refractivity (Wildman–Crippen MR) is 105 cm³/mol. The van der Waals surface area contributed by atoms with Gasteiger partial charge < -0.3 is 15.5 Å². The van der Waals surface area contributed by atoms with Crippen molar-refractivity contribution in [2.75, 3.05) is 32.1 Å². The summed E-state index contributed by atoms with van der Waals surface area (Å²) in [4.78, 5) is 17.8. The Kier molecular flexibility index (Phi) is 9.54. The molecule has 5 nitrogen and oxygen atoms in total. The summed E-state index contributed by atoms with van der Waals surface area (Å²) in [7, 11) is 3.54. The summed E-state index contributed by atoms with van der Waals surface area (Å²) >= 11 is 2.00. The molecule has 2 fully saturated rings. The van der Waals surface area contributed by atoms with Crippen molar-refractivity contribution in [3.8, 4) is 0 Å². The maximum absolute atomic E-state index is 11.7. The molecule has 0 radical (unpaired) electrons. The smallest absolute Gasteiger partial charge is 0.243 e. The number of carbonyl (C=O) groups excluding carboxylic acids is 1. The normalized spacial score (nSPS) is 22.8. The standard InChI is InChI=1S/C15H28N4OS.HI/c1-19(2)14(20)10-16-15(17-12-6-3-4-7-12)18-13-8-5-9-21-11-13;/h12-13H,3-11H2,1-2H3,(H2,16,17,18);1H. The fourth-order valence-electron chi connectivity index (χ4n) is 2.73. The third-order valence-electron chi connectivity index (χ3n) is 4.07. The van der Waals surface area contributed by atoms with E-state index in [0.717, 1.165) is 11.7 Å². The van der Waals surface area contributed by atoms with Crippen molar-refractivity contribution in [2.24, 2.45) is 4.99 Å². The van der Waals surface area contributed by atoms with E-state index < -0.39 is 0 Å². The lowest BCUT2D eigenvalue weighted by molar-refractivity contribution is -0.127. The maximum atomic E-state index is 11.7.